The highest BCUT2D eigenvalue weighted by Gasteiger charge is 2.18. The van der Waals surface area contributed by atoms with Crippen LogP contribution in [0.15, 0.2) is 60.9 Å². The largest absolute Gasteiger partial charge is 0.394 e. The first kappa shape index (κ1) is 44.2. The van der Waals surface area contributed by atoms with Gasteiger partial charge < -0.3 is 20.4 Å². The molecule has 1 heterocycles. The Morgan fingerprint density at radius 3 is 1.73 bits per heavy atom. The van der Waals surface area contributed by atoms with Gasteiger partial charge in [0.2, 0.25) is 5.91 Å². The summed E-state index contributed by atoms with van der Waals surface area (Å²) in [6, 6.07) is 12.3. The first-order chi connectivity index (χ1) is 24.9. The number of aromatic nitrogens is 1. The van der Waals surface area contributed by atoms with E-state index in [1.807, 2.05) is 6.08 Å². The van der Waals surface area contributed by atoms with Gasteiger partial charge >= 0.3 is 0 Å². The average Bonchev–Trinajstić information content (AvgIpc) is 3.14. The molecule has 0 radical (unpaired) electrons. The number of benzene rings is 1. The molecule has 286 valence electrons. The van der Waals surface area contributed by atoms with Gasteiger partial charge in [-0.1, -0.05) is 146 Å². The number of hydrogen-bond donors (Lipinski definition) is 3. The molecule has 2 aromatic rings. The molecule has 0 aliphatic heterocycles. The van der Waals surface area contributed by atoms with Crippen LogP contribution in [0.5, 0.6) is 0 Å². The SMILES string of the molecule is CCCCCCCCCCCCC/C=C/[C@@H](O)[C@H](CO)NC(=O)CCCCCCCCCCC[n+]1ccc(/C=C/c2ccc(N(C)C)cc2)cc1. The molecule has 2 rings (SSSR count). The fourth-order valence-electron chi connectivity index (χ4n) is 6.44. The predicted octanol–water partition coefficient (Wildman–Crippen LogP) is 10.2. The second kappa shape index (κ2) is 29.6. The Labute approximate surface area is 312 Å². The Morgan fingerprint density at radius 1 is 0.706 bits per heavy atom. The van der Waals surface area contributed by atoms with Gasteiger partial charge in [0.15, 0.2) is 12.4 Å². The van der Waals surface area contributed by atoms with Crippen LogP contribution in [0.3, 0.4) is 0 Å². The van der Waals surface area contributed by atoms with E-state index in [1.54, 1.807) is 6.08 Å². The number of amides is 1. The molecule has 3 N–H and O–H groups in total. The van der Waals surface area contributed by atoms with Gasteiger partial charge in [-0.05, 0) is 48.9 Å². The lowest BCUT2D eigenvalue weighted by Gasteiger charge is -2.20. The number of carbonyl (C=O) groups is 1. The van der Waals surface area contributed by atoms with Crippen LogP contribution in [0, 0.1) is 0 Å². The van der Waals surface area contributed by atoms with Gasteiger partial charge in [-0.15, -0.1) is 0 Å². The first-order valence-electron chi connectivity index (χ1n) is 20.6. The maximum Gasteiger partial charge on any atom is 0.220 e. The minimum Gasteiger partial charge on any atom is -0.394 e. The summed E-state index contributed by atoms with van der Waals surface area (Å²) in [6.07, 6.45) is 38.0. The molecule has 6 nitrogen and oxygen atoms in total. The molecule has 0 bridgehead atoms. The summed E-state index contributed by atoms with van der Waals surface area (Å²) in [5.74, 6) is -0.0816. The maximum atomic E-state index is 12.4. The molecule has 0 saturated heterocycles. The summed E-state index contributed by atoms with van der Waals surface area (Å²) in [7, 11) is 4.12. The summed E-state index contributed by atoms with van der Waals surface area (Å²) in [4.78, 5) is 14.5. The van der Waals surface area contributed by atoms with Crippen molar-refractivity contribution in [3.8, 4) is 0 Å². The van der Waals surface area contributed by atoms with E-state index in [0.29, 0.717) is 6.42 Å². The van der Waals surface area contributed by atoms with Crippen LogP contribution in [0.4, 0.5) is 5.69 Å². The summed E-state index contributed by atoms with van der Waals surface area (Å²) >= 11 is 0. The molecule has 1 amide bonds. The van der Waals surface area contributed by atoms with Crippen molar-refractivity contribution in [3.05, 3.63) is 72.1 Å². The molecule has 2 atom stereocenters. The van der Waals surface area contributed by atoms with Crippen molar-refractivity contribution < 1.29 is 19.6 Å². The highest BCUT2D eigenvalue weighted by molar-refractivity contribution is 5.76. The van der Waals surface area contributed by atoms with Crippen LogP contribution in [0.2, 0.25) is 0 Å². The first-order valence-corrected chi connectivity index (χ1v) is 20.6. The third-order valence-electron chi connectivity index (χ3n) is 9.88. The number of rotatable bonds is 31. The van der Waals surface area contributed by atoms with Gasteiger partial charge in [-0.3, -0.25) is 4.79 Å². The summed E-state index contributed by atoms with van der Waals surface area (Å²) < 4.78 is 2.28. The van der Waals surface area contributed by atoms with Gasteiger partial charge in [0.25, 0.3) is 0 Å². The van der Waals surface area contributed by atoms with Crippen LogP contribution in [-0.4, -0.2) is 49.0 Å². The topological polar surface area (TPSA) is 76.7 Å². The van der Waals surface area contributed by atoms with Gasteiger partial charge in [0.1, 0.15) is 6.54 Å². The summed E-state index contributed by atoms with van der Waals surface area (Å²) in [6.45, 7) is 3.06. The van der Waals surface area contributed by atoms with Gasteiger partial charge in [-0.25, -0.2) is 4.57 Å². The fraction of sp³-hybridized carbons (Fsp3) is 0.644. The van der Waals surface area contributed by atoms with Crippen molar-refractivity contribution in [1.82, 2.24) is 5.32 Å². The van der Waals surface area contributed by atoms with Gasteiger partial charge in [0, 0.05) is 44.8 Å². The van der Waals surface area contributed by atoms with Crippen molar-refractivity contribution in [2.24, 2.45) is 0 Å². The van der Waals surface area contributed by atoms with Crippen LogP contribution >= 0.6 is 0 Å². The van der Waals surface area contributed by atoms with Crippen molar-refractivity contribution in [3.63, 3.8) is 0 Å². The molecule has 0 saturated carbocycles. The average molecular weight is 705 g/mol. The number of unbranched alkanes of at least 4 members (excludes halogenated alkanes) is 19. The predicted molar refractivity (Wildman–Crippen MR) is 218 cm³/mol. The molecule has 51 heavy (non-hydrogen) atoms. The molecule has 0 unspecified atom stereocenters. The van der Waals surface area contributed by atoms with Crippen LogP contribution < -0.4 is 14.8 Å². The normalized spacial score (nSPS) is 12.9. The minimum atomic E-state index is -0.851. The van der Waals surface area contributed by atoms with Crippen LogP contribution in [0.1, 0.15) is 159 Å². The zero-order chi connectivity index (χ0) is 36.8. The van der Waals surface area contributed by atoms with Gasteiger partial charge in [0.05, 0.1) is 18.8 Å². The lowest BCUT2D eigenvalue weighted by Crippen LogP contribution is -2.45. The lowest BCUT2D eigenvalue weighted by atomic mass is 10.0. The zero-order valence-corrected chi connectivity index (χ0v) is 32.8. The number of aliphatic hydroxyl groups excluding tert-OH is 2. The second-order valence-electron chi connectivity index (χ2n) is 14.7. The van der Waals surface area contributed by atoms with E-state index in [4.69, 9.17) is 0 Å². The number of nitrogens with one attached hydrogen (secondary N) is 1. The minimum absolute atomic E-state index is 0.0816. The Hall–Kier alpha value is -2.96. The Kier molecular flexibility index (Phi) is 25.7. The molecule has 6 heteroatoms. The van der Waals surface area contributed by atoms with Crippen molar-refractivity contribution in [1.29, 1.82) is 0 Å². The third-order valence-corrected chi connectivity index (χ3v) is 9.88. The highest BCUT2D eigenvalue weighted by Crippen LogP contribution is 2.16. The smallest absolute Gasteiger partial charge is 0.220 e. The van der Waals surface area contributed by atoms with E-state index >= 15 is 0 Å². The third kappa shape index (κ3) is 22.6. The van der Waals surface area contributed by atoms with Gasteiger partial charge in [-0.2, -0.15) is 0 Å². The second-order valence-corrected chi connectivity index (χ2v) is 14.7. The number of allylic oxidation sites excluding steroid dienone is 1. The van der Waals surface area contributed by atoms with E-state index < -0.39 is 12.1 Å². The van der Waals surface area contributed by atoms with E-state index in [-0.39, 0.29) is 12.5 Å². The maximum absolute atomic E-state index is 12.4. The van der Waals surface area contributed by atoms with Crippen LogP contribution in [0.25, 0.3) is 12.2 Å². The molecule has 0 aliphatic carbocycles. The highest BCUT2D eigenvalue weighted by atomic mass is 16.3. The summed E-state index contributed by atoms with van der Waals surface area (Å²) in [5, 5.41) is 23.0. The number of hydrogen-bond acceptors (Lipinski definition) is 4. The Morgan fingerprint density at radius 2 is 1.20 bits per heavy atom. The number of aryl methyl sites for hydroxylation is 1. The van der Waals surface area contributed by atoms with Crippen molar-refractivity contribution in [2.75, 3.05) is 25.6 Å². The zero-order valence-electron chi connectivity index (χ0n) is 32.8. The lowest BCUT2D eigenvalue weighted by molar-refractivity contribution is -0.697. The molecular weight excluding hydrogens is 631 g/mol. The number of anilines is 1. The van der Waals surface area contributed by atoms with E-state index in [2.05, 4.69) is 96.7 Å². The number of nitrogens with zero attached hydrogens (tertiary/aromatic N) is 2. The molecule has 0 fully saturated rings. The van der Waals surface area contributed by atoms with Crippen molar-refractivity contribution in [2.45, 2.75) is 167 Å². The van der Waals surface area contributed by atoms with Crippen molar-refractivity contribution >= 4 is 23.7 Å². The Balaban J connectivity index is 1.42. The molecule has 1 aromatic heterocycles. The number of carbonyl (C=O) groups excluding carboxylic acids is 1. The van der Waals surface area contributed by atoms with E-state index in [0.717, 1.165) is 38.6 Å². The standard InChI is InChI=1S/C45H73N3O3/c1-4-5-6-7-8-9-10-11-12-14-17-20-23-26-44(50)43(39-49)46-45(51)27-24-21-18-15-13-16-19-22-25-36-48-37-34-41(35-38-48)29-28-40-30-32-42(33-31-40)47(2)3/h23,26,28-35,37-38,43-44,49-50H,4-22,24-25,27,36,39H2,1-3H3/p+1/b26-23+/t43-,44+/m0/s1. The fourth-order valence-corrected chi connectivity index (χ4v) is 6.44. The molecule has 0 aliphatic rings. The van der Waals surface area contributed by atoms with E-state index in [1.165, 1.54) is 120 Å². The summed E-state index contributed by atoms with van der Waals surface area (Å²) in [5.41, 5.74) is 3.63. The van der Waals surface area contributed by atoms with E-state index in [9.17, 15) is 15.0 Å². The molecular formula is C45H74N3O3+. The quantitative estimate of drug-likeness (QED) is 0.0415. The molecule has 0 spiro atoms. The van der Waals surface area contributed by atoms with Crippen LogP contribution in [-0.2, 0) is 11.3 Å². The monoisotopic (exact) mass is 705 g/mol. The molecule has 1 aromatic carbocycles. The number of aliphatic hydroxyl groups is 2. The number of pyridine rings is 1. The Bertz CT molecular complexity index is 1180.